The standard InChI is InChI=1S/C16H24N2O3/c1-11-5-3-4-6-14(11)21-10-16(19)18-13-8-7-12(17)9-15(13)20-2/h7-9,11,14H,3-6,10,17H2,1-2H3,(H,18,19). The summed E-state index contributed by atoms with van der Waals surface area (Å²) in [6.07, 6.45) is 4.86. The highest BCUT2D eigenvalue weighted by Crippen LogP contribution is 2.28. The molecule has 0 aromatic heterocycles. The van der Waals surface area contributed by atoms with Crippen molar-refractivity contribution < 1.29 is 14.3 Å². The third-order valence-corrected chi connectivity index (χ3v) is 3.96. The van der Waals surface area contributed by atoms with E-state index in [1.54, 1.807) is 25.3 Å². The highest BCUT2D eigenvalue weighted by molar-refractivity contribution is 5.93. The third-order valence-electron chi connectivity index (χ3n) is 3.96. The number of hydrogen-bond donors (Lipinski definition) is 2. The second-order valence-electron chi connectivity index (χ2n) is 5.62. The molecule has 2 unspecified atom stereocenters. The first-order chi connectivity index (χ1) is 10.1. The molecule has 1 aromatic rings. The van der Waals surface area contributed by atoms with Crippen molar-refractivity contribution in [2.75, 3.05) is 24.8 Å². The number of nitrogens with two attached hydrogens (primary N) is 1. The van der Waals surface area contributed by atoms with Crippen molar-refractivity contribution in [2.45, 2.75) is 38.7 Å². The fraction of sp³-hybridized carbons (Fsp3) is 0.562. The minimum Gasteiger partial charge on any atom is -0.494 e. The lowest BCUT2D eigenvalue weighted by Crippen LogP contribution is -2.29. The van der Waals surface area contributed by atoms with E-state index in [0.29, 0.717) is 23.0 Å². The topological polar surface area (TPSA) is 73.6 Å². The van der Waals surface area contributed by atoms with E-state index in [9.17, 15) is 4.79 Å². The van der Waals surface area contributed by atoms with E-state index >= 15 is 0 Å². The quantitative estimate of drug-likeness (QED) is 0.818. The van der Waals surface area contributed by atoms with E-state index < -0.39 is 0 Å². The van der Waals surface area contributed by atoms with Gasteiger partial charge in [-0.2, -0.15) is 0 Å². The molecule has 1 aliphatic carbocycles. The van der Waals surface area contributed by atoms with Crippen molar-refractivity contribution in [1.82, 2.24) is 0 Å². The van der Waals surface area contributed by atoms with Crippen LogP contribution in [0.1, 0.15) is 32.6 Å². The molecule has 1 aliphatic rings. The molecule has 5 nitrogen and oxygen atoms in total. The summed E-state index contributed by atoms with van der Waals surface area (Å²) < 4.78 is 11.0. The number of nitrogens with one attached hydrogen (secondary N) is 1. The average molecular weight is 292 g/mol. The predicted octanol–water partition coefficient (Wildman–Crippen LogP) is 2.81. The molecule has 0 aliphatic heterocycles. The zero-order valence-corrected chi connectivity index (χ0v) is 12.7. The van der Waals surface area contributed by atoms with Gasteiger partial charge in [0, 0.05) is 11.8 Å². The molecule has 116 valence electrons. The highest BCUT2D eigenvalue weighted by atomic mass is 16.5. The Labute approximate surface area is 125 Å². The van der Waals surface area contributed by atoms with Crippen molar-refractivity contribution in [3.05, 3.63) is 18.2 Å². The summed E-state index contributed by atoms with van der Waals surface area (Å²) in [5, 5.41) is 2.80. The molecule has 5 heteroatoms. The van der Waals surface area contributed by atoms with E-state index in [1.165, 1.54) is 19.3 Å². The Balaban J connectivity index is 1.87. The second kappa shape index (κ2) is 7.31. The number of amides is 1. The average Bonchev–Trinajstić information content (AvgIpc) is 2.48. The van der Waals surface area contributed by atoms with Crippen molar-refractivity contribution in [3.63, 3.8) is 0 Å². The SMILES string of the molecule is COc1cc(N)ccc1NC(=O)COC1CCCCC1C. The van der Waals surface area contributed by atoms with Gasteiger partial charge in [-0.25, -0.2) is 0 Å². The number of anilines is 2. The van der Waals surface area contributed by atoms with Crippen LogP contribution in [-0.4, -0.2) is 25.7 Å². The Morgan fingerprint density at radius 2 is 2.14 bits per heavy atom. The van der Waals surface area contributed by atoms with E-state index in [-0.39, 0.29) is 18.6 Å². The lowest BCUT2D eigenvalue weighted by molar-refractivity contribution is -0.124. The fourth-order valence-electron chi connectivity index (χ4n) is 2.71. The zero-order valence-electron chi connectivity index (χ0n) is 12.7. The summed E-state index contributed by atoms with van der Waals surface area (Å²) in [5.41, 5.74) is 6.89. The predicted molar refractivity (Wildman–Crippen MR) is 83.4 cm³/mol. The Kier molecular flexibility index (Phi) is 5.44. The summed E-state index contributed by atoms with van der Waals surface area (Å²) in [7, 11) is 1.55. The molecule has 0 radical (unpaired) electrons. The van der Waals surface area contributed by atoms with Gasteiger partial charge < -0.3 is 20.5 Å². The van der Waals surface area contributed by atoms with Crippen LogP contribution in [0.2, 0.25) is 0 Å². The summed E-state index contributed by atoms with van der Waals surface area (Å²) in [6, 6.07) is 5.14. The highest BCUT2D eigenvalue weighted by Gasteiger charge is 2.22. The van der Waals surface area contributed by atoms with E-state index in [1.807, 2.05) is 0 Å². The molecule has 3 N–H and O–H groups in total. The maximum atomic E-state index is 12.0. The Hall–Kier alpha value is -1.75. The molecule has 1 amide bonds. The van der Waals surface area contributed by atoms with Crippen LogP contribution in [0.25, 0.3) is 0 Å². The first-order valence-electron chi connectivity index (χ1n) is 7.45. The number of nitrogen functional groups attached to an aromatic ring is 1. The van der Waals surface area contributed by atoms with Gasteiger partial charge in [-0.1, -0.05) is 19.8 Å². The number of ether oxygens (including phenoxy) is 2. The molecule has 0 saturated heterocycles. The number of methoxy groups -OCH3 is 1. The van der Waals surface area contributed by atoms with Gasteiger partial charge in [0.05, 0.1) is 18.9 Å². The Morgan fingerprint density at radius 3 is 2.86 bits per heavy atom. The molecule has 1 aromatic carbocycles. The van der Waals surface area contributed by atoms with Gasteiger partial charge in [0.15, 0.2) is 0 Å². The summed E-state index contributed by atoms with van der Waals surface area (Å²) >= 11 is 0. The third kappa shape index (κ3) is 4.36. The molecular weight excluding hydrogens is 268 g/mol. The number of carbonyl (C=O) groups is 1. The first kappa shape index (κ1) is 15.6. The van der Waals surface area contributed by atoms with Crippen LogP contribution in [-0.2, 0) is 9.53 Å². The maximum Gasteiger partial charge on any atom is 0.250 e. The van der Waals surface area contributed by atoms with Gasteiger partial charge in [-0.05, 0) is 30.9 Å². The van der Waals surface area contributed by atoms with Crippen molar-refractivity contribution >= 4 is 17.3 Å². The van der Waals surface area contributed by atoms with Crippen LogP contribution in [0.15, 0.2) is 18.2 Å². The summed E-state index contributed by atoms with van der Waals surface area (Å²) in [5.74, 6) is 0.905. The normalized spacial score (nSPS) is 21.8. The molecule has 1 fully saturated rings. The lowest BCUT2D eigenvalue weighted by atomic mass is 9.88. The van der Waals surface area contributed by atoms with Crippen LogP contribution in [0.3, 0.4) is 0 Å². The molecule has 2 rings (SSSR count). The fourth-order valence-corrected chi connectivity index (χ4v) is 2.71. The van der Waals surface area contributed by atoms with E-state index in [2.05, 4.69) is 12.2 Å². The molecule has 1 saturated carbocycles. The van der Waals surface area contributed by atoms with Gasteiger partial charge >= 0.3 is 0 Å². The summed E-state index contributed by atoms with van der Waals surface area (Å²) in [6.45, 7) is 2.26. The van der Waals surface area contributed by atoms with Crippen LogP contribution < -0.4 is 15.8 Å². The van der Waals surface area contributed by atoms with Gasteiger partial charge in [-0.15, -0.1) is 0 Å². The van der Waals surface area contributed by atoms with Crippen molar-refractivity contribution in [1.29, 1.82) is 0 Å². The van der Waals surface area contributed by atoms with Crippen molar-refractivity contribution in [3.8, 4) is 5.75 Å². The minimum absolute atomic E-state index is 0.0720. The number of rotatable bonds is 5. The molecule has 0 spiro atoms. The first-order valence-corrected chi connectivity index (χ1v) is 7.45. The van der Waals surface area contributed by atoms with Crippen LogP contribution in [0.5, 0.6) is 5.75 Å². The summed E-state index contributed by atoms with van der Waals surface area (Å²) in [4.78, 5) is 12.0. The van der Waals surface area contributed by atoms with E-state index in [0.717, 1.165) is 6.42 Å². The molecular formula is C16H24N2O3. The van der Waals surface area contributed by atoms with Gasteiger partial charge in [-0.3, -0.25) is 4.79 Å². The Morgan fingerprint density at radius 1 is 1.38 bits per heavy atom. The monoisotopic (exact) mass is 292 g/mol. The van der Waals surface area contributed by atoms with Gasteiger partial charge in [0.2, 0.25) is 5.91 Å². The number of hydrogen-bond acceptors (Lipinski definition) is 4. The lowest BCUT2D eigenvalue weighted by Gasteiger charge is -2.28. The minimum atomic E-state index is -0.171. The van der Waals surface area contributed by atoms with Crippen LogP contribution in [0, 0.1) is 5.92 Å². The molecule has 0 bridgehead atoms. The van der Waals surface area contributed by atoms with Gasteiger partial charge in [0.25, 0.3) is 0 Å². The zero-order chi connectivity index (χ0) is 15.2. The number of carbonyl (C=O) groups excluding carboxylic acids is 1. The largest absolute Gasteiger partial charge is 0.494 e. The van der Waals surface area contributed by atoms with Crippen LogP contribution in [0.4, 0.5) is 11.4 Å². The molecule has 2 atom stereocenters. The molecule has 0 heterocycles. The van der Waals surface area contributed by atoms with Crippen molar-refractivity contribution in [2.24, 2.45) is 5.92 Å². The van der Waals surface area contributed by atoms with Crippen LogP contribution >= 0.6 is 0 Å². The molecule has 21 heavy (non-hydrogen) atoms. The van der Waals surface area contributed by atoms with Gasteiger partial charge in [0.1, 0.15) is 12.4 Å². The smallest absolute Gasteiger partial charge is 0.250 e. The number of benzene rings is 1. The van der Waals surface area contributed by atoms with E-state index in [4.69, 9.17) is 15.2 Å². The maximum absolute atomic E-state index is 12.0. The Bertz CT molecular complexity index is 490. The second-order valence-corrected chi connectivity index (χ2v) is 5.62.